The van der Waals surface area contributed by atoms with E-state index in [1.807, 2.05) is 18.2 Å². The highest BCUT2D eigenvalue weighted by atomic mass is 31.2. The molecule has 1 saturated heterocycles. The summed E-state index contributed by atoms with van der Waals surface area (Å²) in [4.78, 5) is 25.2. The van der Waals surface area contributed by atoms with Crippen LogP contribution in [-0.4, -0.2) is 73.3 Å². The first-order valence-electron chi connectivity index (χ1n) is 14.0. The molecule has 3 heterocycles. The fraction of sp³-hybridized carbons (Fsp3) is 0.429. The maximum atomic E-state index is 16.6. The van der Waals surface area contributed by atoms with Gasteiger partial charge in [0.2, 0.25) is 5.95 Å². The highest BCUT2D eigenvalue weighted by molar-refractivity contribution is 7.52. The third kappa shape index (κ3) is 4.85. The van der Waals surface area contributed by atoms with Crippen molar-refractivity contribution in [1.82, 2.24) is 24.6 Å². The number of aromatic nitrogens is 4. The summed E-state index contributed by atoms with van der Waals surface area (Å²) in [5.74, 6) is -0.265. The second-order valence-electron chi connectivity index (χ2n) is 11.2. The number of imidazole rings is 1. The summed E-state index contributed by atoms with van der Waals surface area (Å²) in [7, 11) is -2.88. The lowest BCUT2D eigenvalue weighted by Crippen LogP contribution is -2.45. The van der Waals surface area contributed by atoms with Crippen molar-refractivity contribution in [2.75, 3.05) is 18.1 Å². The third-order valence-corrected chi connectivity index (χ3v) is 9.41. The molecule has 7 atom stereocenters. The number of nitrogens with zero attached hydrogens (tertiary/aromatic N) is 4. The molecule has 2 fully saturated rings. The molecule has 2 aromatic carbocycles. The Labute approximate surface area is 251 Å². The number of hydrogen-bond acceptors (Lipinski definition) is 12. The summed E-state index contributed by atoms with van der Waals surface area (Å²) in [6.45, 7) is 5.92. The number of rotatable bonds is 10. The molecule has 0 radical (unpaired) electrons. The molecule has 1 aliphatic carbocycles. The van der Waals surface area contributed by atoms with Gasteiger partial charge in [-0.2, -0.15) is 15.1 Å². The van der Waals surface area contributed by atoms with Crippen LogP contribution < -0.4 is 20.7 Å². The SMILES string of the molecule is CNc1nc(N)nc2c1ncn2[C@@H]1O[C@@H]2C(O[P@](=O)(N[C@H](C)C(=O)OC(C)C)Oc3cccc4ccccc34)[C@]2(O)[C@@]1(C)F. The van der Waals surface area contributed by atoms with E-state index in [0.29, 0.717) is 16.7 Å². The number of esters is 1. The first-order valence-corrected chi connectivity index (χ1v) is 15.5. The van der Waals surface area contributed by atoms with E-state index in [0.717, 1.165) is 12.3 Å². The van der Waals surface area contributed by atoms with Crippen molar-refractivity contribution in [2.24, 2.45) is 0 Å². The van der Waals surface area contributed by atoms with E-state index in [-0.39, 0.29) is 17.3 Å². The Morgan fingerprint density at radius 2 is 1.93 bits per heavy atom. The lowest BCUT2D eigenvalue weighted by Gasteiger charge is -2.32. The molecule has 44 heavy (non-hydrogen) atoms. The normalized spacial score (nSPS) is 28.0. The lowest BCUT2D eigenvalue weighted by molar-refractivity contribution is -0.149. The van der Waals surface area contributed by atoms with Crippen LogP contribution in [0.1, 0.15) is 33.9 Å². The zero-order valence-electron chi connectivity index (χ0n) is 24.6. The van der Waals surface area contributed by atoms with Gasteiger partial charge in [-0.15, -0.1) is 0 Å². The average Bonchev–Trinajstić information content (AvgIpc) is 3.21. The minimum atomic E-state index is -4.50. The molecule has 14 nitrogen and oxygen atoms in total. The van der Waals surface area contributed by atoms with Crippen molar-refractivity contribution in [1.29, 1.82) is 0 Å². The molecule has 1 aliphatic heterocycles. The Bertz CT molecular complexity index is 1800. The molecular weight excluding hydrogens is 596 g/mol. The van der Waals surface area contributed by atoms with Gasteiger partial charge >= 0.3 is 13.7 Å². The number of nitrogen functional groups attached to an aromatic ring is 1. The first-order chi connectivity index (χ1) is 20.8. The van der Waals surface area contributed by atoms with Crippen LogP contribution in [0.2, 0.25) is 0 Å². The van der Waals surface area contributed by atoms with Gasteiger partial charge in [-0.1, -0.05) is 36.4 Å². The molecule has 1 saturated carbocycles. The van der Waals surface area contributed by atoms with Gasteiger partial charge in [0.25, 0.3) is 0 Å². The Hall–Kier alpha value is -3.88. The van der Waals surface area contributed by atoms with Crippen LogP contribution in [0.25, 0.3) is 21.9 Å². The van der Waals surface area contributed by atoms with Crippen LogP contribution in [0, 0.1) is 0 Å². The predicted molar refractivity (Wildman–Crippen MR) is 159 cm³/mol. The number of fused-ring (bicyclic) bond motifs is 3. The summed E-state index contributed by atoms with van der Waals surface area (Å²) in [5.41, 5.74) is 1.60. The van der Waals surface area contributed by atoms with E-state index < -0.39 is 55.6 Å². The van der Waals surface area contributed by atoms with E-state index in [1.165, 1.54) is 17.8 Å². The Balaban J connectivity index is 1.30. The molecule has 0 spiro atoms. The molecule has 2 aromatic heterocycles. The number of alkyl halides is 1. The molecule has 0 amide bonds. The quantitative estimate of drug-likeness (QED) is 0.148. The summed E-state index contributed by atoms with van der Waals surface area (Å²) >= 11 is 0. The third-order valence-electron chi connectivity index (χ3n) is 7.76. The second kappa shape index (κ2) is 10.6. The number of ether oxygens (including phenoxy) is 2. The predicted octanol–water partition coefficient (Wildman–Crippen LogP) is 3.48. The van der Waals surface area contributed by atoms with Crippen LogP contribution in [-0.2, 0) is 23.4 Å². The summed E-state index contributed by atoms with van der Waals surface area (Å²) in [5, 5.41) is 18.5. The van der Waals surface area contributed by atoms with Gasteiger partial charge in [-0.05, 0) is 39.1 Å². The van der Waals surface area contributed by atoms with E-state index in [4.69, 9.17) is 24.3 Å². The number of nitrogens with two attached hydrogens (primary N) is 1. The van der Waals surface area contributed by atoms with Gasteiger partial charge in [-0.3, -0.25) is 13.9 Å². The number of aliphatic hydroxyl groups is 1. The molecular formula is C28H33FN7O7P. The standard InChI is InChI=1S/C28H33FN7O7P/c1-14(2)40-24(37)15(3)35-44(39,42-18-12-8-10-16-9-6-7-11-17(16)18)43-21-20-28(21,38)27(4,29)25(41-20)36-13-32-19-22(31-5)33-26(30)34-23(19)36/h6-15,20-21,25,38H,1-5H3,(H,35,39)(H3,30,31,33,34)/t15-,20-,21?,25-,27+,28+,44+/m1/s1. The minimum absolute atomic E-state index is 0.0741. The minimum Gasteiger partial charge on any atom is -0.462 e. The molecule has 1 unspecified atom stereocenters. The van der Waals surface area contributed by atoms with Crippen LogP contribution in [0.3, 0.4) is 0 Å². The number of carbonyl (C=O) groups excluding carboxylic acids is 1. The highest BCUT2D eigenvalue weighted by Crippen LogP contribution is 2.66. The molecule has 16 heteroatoms. The summed E-state index contributed by atoms with van der Waals surface area (Å²) in [6, 6.07) is 11.2. The highest BCUT2D eigenvalue weighted by Gasteiger charge is 2.85. The zero-order chi connectivity index (χ0) is 31.6. The van der Waals surface area contributed by atoms with E-state index in [2.05, 4.69) is 25.4 Å². The van der Waals surface area contributed by atoms with Crippen LogP contribution in [0.4, 0.5) is 16.2 Å². The smallest absolute Gasteiger partial charge is 0.459 e. The second-order valence-corrected chi connectivity index (χ2v) is 12.9. The topological polar surface area (TPSA) is 185 Å². The average molecular weight is 630 g/mol. The fourth-order valence-electron chi connectivity index (χ4n) is 5.51. The molecule has 6 rings (SSSR count). The number of carbonyl (C=O) groups is 1. The van der Waals surface area contributed by atoms with Crippen molar-refractivity contribution >= 4 is 47.4 Å². The molecule has 5 N–H and O–H groups in total. The monoisotopic (exact) mass is 629 g/mol. The Kier molecular flexibility index (Phi) is 7.29. The molecule has 234 valence electrons. The van der Waals surface area contributed by atoms with E-state index in [9.17, 15) is 14.5 Å². The van der Waals surface area contributed by atoms with Crippen molar-refractivity contribution < 1.29 is 37.4 Å². The van der Waals surface area contributed by atoms with Crippen LogP contribution in [0.5, 0.6) is 5.75 Å². The number of nitrogens with one attached hydrogen (secondary N) is 2. The van der Waals surface area contributed by atoms with E-state index >= 15 is 4.39 Å². The number of hydrogen-bond donors (Lipinski definition) is 4. The summed E-state index contributed by atoms with van der Waals surface area (Å²) in [6.07, 6.45) is -3.21. The number of halogens is 1. The van der Waals surface area contributed by atoms with Crippen molar-refractivity contribution in [2.45, 2.75) is 69.5 Å². The Morgan fingerprint density at radius 1 is 1.20 bits per heavy atom. The van der Waals surface area contributed by atoms with Crippen molar-refractivity contribution in [3.63, 3.8) is 0 Å². The van der Waals surface area contributed by atoms with Crippen LogP contribution >= 0.6 is 7.75 Å². The number of benzene rings is 2. The maximum absolute atomic E-state index is 16.6. The summed E-state index contributed by atoms with van der Waals surface area (Å²) < 4.78 is 55.3. The molecule has 0 bridgehead atoms. The van der Waals surface area contributed by atoms with Crippen LogP contribution in [0.15, 0.2) is 48.8 Å². The molecule has 4 aromatic rings. The zero-order valence-corrected chi connectivity index (χ0v) is 25.5. The van der Waals surface area contributed by atoms with Gasteiger partial charge in [0.05, 0.1) is 12.4 Å². The van der Waals surface area contributed by atoms with Gasteiger partial charge in [-0.25, -0.2) is 13.9 Å². The van der Waals surface area contributed by atoms with Gasteiger partial charge in [0.15, 0.2) is 34.5 Å². The lowest BCUT2D eigenvalue weighted by atomic mass is 9.97. The van der Waals surface area contributed by atoms with Gasteiger partial charge < -0.3 is 30.2 Å². The van der Waals surface area contributed by atoms with Gasteiger partial charge in [0.1, 0.15) is 24.0 Å². The first kappa shape index (κ1) is 30.2. The van der Waals surface area contributed by atoms with Crippen molar-refractivity contribution in [3.8, 4) is 5.75 Å². The maximum Gasteiger partial charge on any atom is 0.459 e. The van der Waals surface area contributed by atoms with Crippen molar-refractivity contribution in [3.05, 3.63) is 48.8 Å². The largest absolute Gasteiger partial charge is 0.462 e. The Morgan fingerprint density at radius 3 is 2.61 bits per heavy atom. The number of anilines is 2. The van der Waals surface area contributed by atoms with Gasteiger partial charge in [0, 0.05) is 12.4 Å². The molecule has 2 aliphatic rings. The van der Waals surface area contributed by atoms with E-state index in [1.54, 1.807) is 45.2 Å². The fourth-order valence-corrected chi connectivity index (χ4v) is 7.23.